The first kappa shape index (κ1) is 8.75. The summed E-state index contributed by atoms with van der Waals surface area (Å²) < 4.78 is 4.75. The van der Waals surface area contributed by atoms with Gasteiger partial charge in [0.15, 0.2) is 0 Å². The van der Waals surface area contributed by atoms with E-state index in [1.54, 1.807) is 18.4 Å². The monoisotopic (exact) mass is 181 g/mol. The van der Waals surface area contributed by atoms with Gasteiger partial charge < -0.3 is 4.74 Å². The maximum absolute atomic E-state index is 11.1. The Labute approximate surface area is 74.2 Å². The van der Waals surface area contributed by atoms with E-state index >= 15 is 0 Å². The molecular weight excluding hydrogens is 174 g/mol. The highest BCUT2D eigenvalue weighted by Crippen LogP contribution is 2.16. The van der Waals surface area contributed by atoms with Gasteiger partial charge in [-0.05, 0) is 18.4 Å². The molecular formula is C8H7NO2S. The van der Waals surface area contributed by atoms with Crippen molar-refractivity contribution >= 4 is 17.3 Å². The summed E-state index contributed by atoms with van der Waals surface area (Å²) in [6.45, 7) is 2.07. The first-order valence-electron chi connectivity index (χ1n) is 3.44. The molecule has 1 aromatic rings. The molecule has 1 aromatic heterocycles. The summed E-state index contributed by atoms with van der Waals surface area (Å²) >= 11 is 1.23. The number of hydrogen-bond donors (Lipinski definition) is 0. The minimum absolute atomic E-state index is 0.335. The molecule has 3 nitrogen and oxygen atoms in total. The fraction of sp³-hybridized carbons (Fsp3) is 0.250. The molecule has 0 aromatic carbocycles. The predicted octanol–water partition coefficient (Wildman–Crippen LogP) is 1.80. The smallest absolute Gasteiger partial charge is 0.349 e. The first-order chi connectivity index (χ1) is 5.79. The van der Waals surface area contributed by atoms with E-state index < -0.39 is 5.97 Å². The molecule has 0 aliphatic carbocycles. The van der Waals surface area contributed by atoms with Crippen LogP contribution in [0.4, 0.5) is 0 Å². The van der Waals surface area contributed by atoms with Crippen LogP contribution in [0.2, 0.25) is 0 Å². The zero-order chi connectivity index (χ0) is 8.97. The SMILES string of the molecule is CCOC(=O)c1sccc1C#N. The van der Waals surface area contributed by atoms with Crippen LogP contribution in [0.1, 0.15) is 22.2 Å². The van der Waals surface area contributed by atoms with Crippen LogP contribution in [0, 0.1) is 11.3 Å². The van der Waals surface area contributed by atoms with Gasteiger partial charge in [-0.2, -0.15) is 5.26 Å². The highest BCUT2D eigenvalue weighted by molar-refractivity contribution is 7.12. The third-order valence-electron chi connectivity index (χ3n) is 1.25. The van der Waals surface area contributed by atoms with Crippen molar-refractivity contribution in [2.75, 3.05) is 6.61 Å². The van der Waals surface area contributed by atoms with Crippen LogP contribution in [0.5, 0.6) is 0 Å². The highest BCUT2D eigenvalue weighted by Gasteiger charge is 2.12. The Morgan fingerprint density at radius 1 is 1.83 bits per heavy atom. The molecule has 0 radical (unpaired) electrons. The van der Waals surface area contributed by atoms with Crippen molar-refractivity contribution in [1.29, 1.82) is 5.26 Å². The van der Waals surface area contributed by atoms with Gasteiger partial charge in [-0.1, -0.05) is 0 Å². The van der Waals surface area contributed by atoms with Gasteiger partial charge in [0.1, 0.15) is 10.9 Å². The standard InChI is InChI=1S/C8H7NO2S/c1-2-11-8(10)7-6(5-9)3-4-12-7/h3-4H,2H2,1H3. The molecule has 1 rings (SSSR count). The third kappa shape index (κ3) is 1.63. The Balaban J connectivity index is 2.88. The van der Waals surface area contributed by atoms with E-state index in [0.29, 0.717) is 17.0 Å². The second-order valence-corrected chi connectivity index (χ2v) is 2.91. The second-order valence-electron chi connectivity index (χ2n) is 2.00. The van der Waals surface area contributed by atoms with Gasteiger partial charge >= 0.3 is 5.97 Å². The molecule has 0 bridgehead atoms. The van der Waals surface area contributed by atoms with Crippen molar-refractivity contribution in [1.82, 2.24) is 0 Å². The molecule has 0 unspecified atom stereocenters. The van der Waals surface area contributed by atoms with Crippen LogP contribution >= 0.6 is 11.3 Å². The number of ether oxygens (including phenoxy) is 1. The van der Waals surface area contributed by atoms with Crippen LogP contribution in [0.15, 0.2) is 11.4 Å². The van der Waals surface area contributed by atoms with E-state index in [4.69, 9.17) is 10.00 Å². The van der Waals surface area contributed by atoms with Crippen molar-refractivity contribution < 1.29 is 9.53 Å². The quantitative estimate of drug-likeness (QED) is 0.653. The average Bonchev–Trinajstić information content (AvgIpc) is 2.51. The summed E-state index contributed by atoms with van der Waals surface area (Å²) in [7, 11) is 0. The van der Waals surface area contributed by atoms with Crippen molar-refractivity contribution in [2.45, 2.75) is 6.92 Å². The average molecular weight is 181 g/mol. The molecule has 0 aliphatic heterocycles. The normalized spacial score (nSPS) is 9.00. The van der Waals surface area contributed by atoms with E-state index in [1.165, 1.54) is 11.3 Å². The Bertz CT molecular complexity index is 324. The van der Waals surface area contributed by atoms with Crippen LogP contribution in [0.25, 0.3) is 0 Å². The van der Waals surface area contributed by atoms with Gasteiger partial charge in [-0.3, -0.25) is 0 Å². The van der Waals surface area contributed by atoms with Crippen molar-refractivity contribution in [2.24, 2.45) is 0 Å². The van der Waals surface area contributed by atoms with Crippen LogP contribution < -0.4 is 0 Å². The Hall–Kier alpha value is -1.34. The zero-order valence-corrected chi connectivity index (χ0v) is 7.35. The molecule has 0 fully saturated rings. The van der Waals surface area contributed by atoms with Gasteiger partial charge in [0.2, 0.25) is 0 Å². The number of esters is 1. The second kappa shape index (κ2) is 3.88. The molecule has 62 valence electrons. The van der Waals surface area contributed by atoms with Crippen LogP contribution in [0.3, 0.4) is 0 Å². The maximum Gasteiger partial charge on any atom is 0.349 e. The Morgan fingerprint density at radius 2 is 2.58 bits per heavy atom. The largest absolute Gasteiger partial charge is 0.462 e. The molecule has 0 spiro atoms. The summed E-state index contributed by atoms with van der Waals surface area (Å²) in [5, 5.41) is 10.3. The fourth-order valence-electron chi connectivity index (χ4n) is 0.752. The minimum atomic E-state index is -0.413. The van der Waals surface area contributed by atoms with Crippen LogP contribution in [-0.2, 0) is 4.74 Å². The molecule has 0 amide bonds. The summed E-state index contributed by atoms with van der Waals surface area (Å²) in [6.07, 6.45) is 0. The summed E-state index contributed by atoms with van der Waals surface area (Å²) in [6, 6.07) is 3.53. The third-order valence-corrected chi connectivity index (χ3v) is 2.14. The highest BCUT2D eigenvalue weighted by atomic mass is 32.1. The number of thiophene rings is 1. The lowest BCUT2D eigenvalue weighted by atomic mass is 10.3. The number of nitriles is 1. The van der Waals surface area contributed by atoms with Gasteiger partial charge in [-0.15, -0.1) is 11.3 Å². The molecule has 0 saturated carbocycles. The molecule has 0 atom stereocenters. The zero-order valence-electron chi connectivity index (χ0n) is 6.53. The maximum atomic E-state index is 11.1. The summed E-state index contributed by atoms with van der Waals surface area (Å²) in [4.78, 5) is 11.5. The topological polar surface area (TPSA) is 50.1 Å². The Morgan fingerprint density at radius 3 is 3.17 bits per heavy atom. The molecule has 4 heteroatoms. The van der Waals surface area contributed by atoms with Crippen LogP contribution in [-0.4, -0.2) is 12.6 Å². The molecule has 0 N–H and O–H groups in total. The van der Waals surface area contributed by atoms with E-state index in [1.807, 2.05) is 6.07 Å². The number of nitrogens with zero attached hydrogens (tertiary/aromatic N) is 1. The molecule has 1 heterocycles. The van der Waals surface area contributed by atoms with E-state index in [2.05, 4.69) is 0 Å². The lowest BCUT2D eigenvalue weighted by Crippen LogP contribution is -2.03. The van der Waals surface area contributed by atoms with Crippen molar-refractivity contribution in [3.05, 3.63) is 21.9 Å². The van der Waals surface area contributed by atoms with E-state index in [9.17, 15) is 4.79 Å². The number of carbonyl (C=O) groups is 1. The summed E-state index contributed by atoms with van der Waals surface area (Å²) in [5.74, 6) is -0.413. The van der Waals surface area contributed by atoms with E-state index in [-0.39, 0.29) is 0 Å². The molecule has 0 aliphatic rings. The number of carbonyl (C=O) groups excluding carboxylic acids is 1. The van der Waals surface area contributed by atoms with E-state index in [0.717, 1.165) is 0 Å². The van der Waals surface area contributed by atoms with Crippen molar-refractivity contribution in [3.63, 3.8) is 0 Å². The number of hydrogen-bond acceptors (Lipinski definition) is 4. The van der Waals surface area contributed by atoms with Gasteiger partial charge in [-0.25, -0.2) is 4.79 Å². The van der Waals surface area contributed by atoms with Gasteiger partial charge in [0.25, 0.3) is 0 Å². The van der Waals surface area contributed by atoms with Gasteiger partial charge in [0, 0.05) is 0 Å². The van der Waals surface area contributed by atoms with Gasteiger partial charge in [0.05, 0.1) is 12.2 Å². The lowest BCUT2D eigenvalue weighted by Gasteiger charge is -1.97. The molecule has 12 heavy (non-hydrogen) atoms. The predicted molar refractivity (Wildman–Crippen MR) is 45.0 cm³/mol. The van der Waals surface area contributed by atoms with Crippen molar-refractivity contribution in [3.8, 4) is 6.07 Å². The Kier molecular flexibility index (Phi) is 2.83. The fourth-order valence-corrected chi connectivity index (χ4v) is 1.49. The molecule has 0 saturated heterocycles. The number of rotatable bonds is 2. The minimum Gasteiger partial charge on any atom is -0.462 e. The lowest BCUT2D eigenvalue weighted by molar-refractivity contribution is 0.0532. The summed E-state index contributed by atoms with van der Waals surface area (Å²) in [5.41, 5.74) is 0.387. The first-order valence-corrected chi connectivity index (χ1v) is 4.32.